The molecule has 1 aliphatic rings. The van der Waals surface area contributed by atoms with Crippen molar-refractivity contribution in [1.82, 2.24) is 20.5 Å². The van der Waals surface area contributed by atoms with E-state index in [-0.39, 0.29) is 30.0 Å². The molecule has 0 radical (unpaired) electrons. The Bertz CT molecular complexity index is 656. The van der Waals surface area contributed by atoms with E-state index in [9.17, 15) is 0 Å². The molecule has 0 aromatic carbocycles. The molecule has 0 spiro atoms. The Morgan fingerprint density at radius 3 is 2.70 bits per heavy atom. The molecule has 0 amide bonds. The molecular weight excluding hydrogens is 453 g/mol. The molecule has 1 saturated heterocycles. The average Bonchev–Trinajstić information content (AvgIpc) is 3.22. The third kappa shape index (κ3) is 6.80. The van der Waals surface area contributed by atoms with Crippen molar-refractivity contribution in [3.63, 3.8) is 0 Å². The predicted octanol–water partition coefficient (Wildman–Crippen LogP) is 3.57. The summed E-state index contributed by atoms with van der Waals surface area (Å²) in [4.78, 5) is 11.5. The number of guanidine groups is 1. The molecule has 0 aliphatic carbocycles. The lowest BCUT2D eigenvalue weighted by Crippen LogP contribution is -2.44. The van der Waals surface area contributed by atoms with E-state index in [0.717, 1.165) is 43.6 Å². The zero-order valence-corrected chi connectivity index (χ0v) is 18.3. The normalized spacial score (nSPS) is 16.4. The van der Waals surface area contributed by atoms with Crippen LogP contribution in [0.25, 0.3) is 0 Å². The first-order valence-electron chi connectivity index (χ1n) is 9.56. The van der Waals surface area contributed by atoms with Gasteiger partial charge in [-0.25, -0.2) is 4.99 Å². The molecule has 0 saturated carbocycles. The van der Waals surface area contributed by atoms with E-state index >= 15 is 0 Å². The average molecular weight is 483 g/mol. The maximum absolute atomic E-state index is 5.72. The number of hydrogen-bond acceptors (Lipinski definition) is 4. The SMILES string of the molecule is CCNC(=NCc1ccccn1)NCC(c1ccco1)N1CCCCC1.I. The van der Waals surface area contributed by atoms with Crippen LogP contribution < -0.4 is 10.6 Å². The smallest absolute Gasteiger partial charge is 0.191 e. The van der Waals surface area contributed by atoms with Crippen LogP contribution >= 0.6 is 24.0 Å². The Morgan fingerprint density at radius 1 is 1.19 bits per heavy atom. The van der Waals surface area contributed by atoms with Gasteiger partial charge in [-0.05, 0) is 57.1 Å². The monoisotopic (exact) mass is 483 g/mol. The lowest BCUT2D eigenvalue weighted by atomic mass is 10.1. The summed E-state index contributed by atoms with van der Waals surface area (Å²) in [5.74, 6) is 1.83. The molecule has 2 aromatic rings. The van der Waals surface area contributed by atoms with E-state index in [4.69, 9.17) is 4.42 Å². The molecular formula is C20H30IN5O. The van der Waals surface area contributed by atoms with Crippen LogP contribution in [0.5, 0.6) is 0 Å². The van der Waals surface area contributed by atoms with Gasteiger partial charge in [-0.15, -0.1) is 24.0 Å². The number of nitrogens with one attached hydrogen (secondary N) is 2. The lowest BCUT2D eigenvalue weighted by Gasteiger charge is -2.33. The maximum atomic E-state index is 5.72. The Hall–Kier alpha value is -1.61. The molecule has 27 heavy (non-hydrogen) atoms. The second kappa shape index (κ2) is 12.0. The Morgan fingerprint density at radius 2 is 2.04 bits per heavy atom. The van der Waals surface area contributed by atoms with Crippen LogP contribution in [0.3, 0.4) is 0 Å². The van der Waals surface area contributed by atoms with Crippen LogP contribution in [-0.2, 0) is 6.54 Å². The molecule has 6 nitrogen and oxygen atoms in total. The fraction of sp³-hybridized carbons (Fsp3) is 0.500. The van der Waals surface area contributed by atoms with Crippen molar-refractivity contribution < 1.29 is 4.42 Å². The highest BCUT2D eigenvalue weighted by Crippen LogP contribution is 2.24. The Kier molecular flexibility index (Phi) is 9.61. The number of furan rings is 1. The van der Waals surface area contributed by atoms with Gasteiger partial charge in [-0.2, -0.15) is 0 Å². The summed E-state index contributed by atoms with van der Waals surface area (Å²) in [6, 6.07) is 10.2. The number of pyridine rings is 1. The quantitative estimate of drug-likeness (QED) is 0.358. The van der Waals surface area contributed by atoms with Gasteiger partial charge in [0.1, 0.15) is 5.76 Å². The third-order valence-corrected chi connectivity index (χ3v) is 4.64. The molecule has 148 valence electrons. The number of halogens is 1. The topological polar surface area (TPSA) is 65.7 Å². The van der Waals surface area contributed by atoms with Gasteiger partial charge in [0.15, 0.2) is 5.96 Å². The summed E-state index contributed by atoms with van der Waals surface area (Å²) in [5, 5.41) is 6.80. The number of piperidine rings is 1. The van der Waals surface area contributed by atoms with Crippen LogP contribution in [0.1, 0.15) is 43.7 Å². The number of rotatable bonds is 7. The molecule has 2 aromatic heterocycles. The van der Waals surface area contributed by atoms with Crippen molar-refractivity contribution >= 4 is 29.9 Å². The van der Waals surface area contributed by atoms with Crippen LogP contribution in [-0.4, -0.2) is 42.0 Å². The number of nitrogens with zero attached hydrogens (tertiary/aromatic N) is 3. The number of hydrogen-bond donors (Lipinski definition) is 2. The van der Waals surface area contributed by atoms with Crippen LogP contribution in [0.15, 0.2) is 52.2 Å². The zero-order chi connectivity index (χ0) is 18.0. The first-order chi connectivity index (χ1) is 12.9. The zero-order valence-electron chi connectivity index (χ0n) is 15.9. The summed E-state index contributed by atoms with van der Waals surface area (Å²) in [5.41, 5.74) is 0.961. The van der Waals surface area contributed by atoms with Crippen LogP contribution in [0, 0.1) is 0 Å². The minimum atomic E-state index is 0. The van der Waals surface area contributed by atoms with E-state index < -0.39 is 0 Å². The van der Waals surface area contributed by atoms with Crippen LogP contribution in [0.2, 0.25) is 0 Å². The van der Waals surface area contributed by atoms with Crippen molar-refractivity contribution in [2.24, 2.45) is 4.99 Å². The molecule has 3 rings (SSSR count). The summed E-state index contributed by atoms with van der Waals surface area (Å²) in [6.07, 6.45) is 7.39. The van der Waals surface area contributed by atoms with Gasteiger partial charge in [0.05, 0.1) is 24.5 Å². The van der Waals surface area contributed by atoms with E-state index in [1.807, 2.05) is 24.3 Å². The van der Waals surface area contributed by atoms with E-state index in [1.165, 1.54) is 19.3 Å². The molecule has 1 fully saturated rings. The van der Waals surface area contributed by atoms with Gasteiger partial charge in [-0.1, -0.05) is 12.5 Å². The summed E-state index contributed by atoms with van der Waals surface area (Å²) >= 11 is 0. The fourth-order valence-electron chi connectivity index (χ4n) is 3.31. The highest BCUT2D eigenvalue weighted by Gasteiger charge is 2.24. The molecule has 1 aliphatic heterocycles. The second-order valence-corrected chi connectivity index (χ2v) is 6.52. The third-order valence-electron chi connectivity index (χ3n) is 4.64. The van der Waals surface area contributed by atoms with E-state index in [1.54, 1.807) is 12.5 Å². The molecule has 7 heteroatoms. The van der Waals surface area contributed by atoms with Gasteiger partial charge in [-0.3, -0.25) is 9.88 Å². The number of aliphatic imine (C=N–C) groups is 1. The van der Waals surface area contributed by atoms with Gasteiger partial charge in [0.25, 0.3) is 0 Å². The number of likely N-dealkylation sites (tertiary alicyclic amines) is 1. The van der Waals surface area contributed by atoms with Crippen molar-refractivity contribution in [2.45, 2.75) is 38.8 Å². The van der Waals surface area contributed by atoms with Gasteiger partial charge >= 0.3 is 0 Å². The molecule has 3 heterocycles. The van der Waals surface area contributed by atoms with E-state index in [2.05, 4.69) is 38.5 Å². The number of aromatic nitrogens is 1. The highest BCUT2D eigenvalue weighted by atomic mass is 127. The summed E-state index contributed by atoms with van der Waals surface area (Å²) in [7, 11) is 0. The van der Waals surface area contributed by atoms with Gasteiger partial charge in [0.2, 0.25) is 0 Å². The van der Waals surface area contributed by atoms with Crippen molar-refractivity contribution in [3.8, 4) is 0 Å². The summed E-state index contributed by atoms with van der Waals surface area (Å²) in [6.45, 7) is 6.46. The van der Waals surface area contributed by atoms with Crippen molar-refractivity contribution in [3.05, 3.63) is 54.2 Å². The first-order valence-corrected chi connectivity index (χ1v) is 9.56. The summed E-state index contributed by atoms with van der Waals surface area (Å²) < 4.78 is 5.72. The predicted molar refractivity (Wildman–Crippen MR) is 119 cm³/mol. The largest absolute Gasteiger partial charge is 0.468 e. The van der Waals surface area contributed by atoms with Gasteiger partial charge in [0, 0.05) is 19.3 Å². The van der Waals surface area contributed by atoms with Gasteiger partial charge < -0.3 is 15.1 Å². The Labute approximate surface area is 178 Å². The lowest BCUT2D eigenvalue weighted by molar-refractivity contribution is 0.146. The highest BCUT2D eigenvalue weighted by molar-refractivity contribution is 14.0. The molecule has 1 unspecified atom stereocenters. The Balaban J connectivity index is 0.00000261. The van der Waals surface area contributed by atoms with Crippen molar-refractivity contribution in [2.75, 3.05) is 26.2 Å². The molecule has 2 N–H and O–H groups in total. The van der Waals surface area contributed by atoms with Crippen molar-refractivity contribution in [1.29, 1.82) is 0 Å². The standard InChI is InChI=1S/C20H29N5O.HI/c1-2-21-20(23-15-17-9-4-5-11-22-17)24-16-18(19-10-8-14-26-19)25-12-6-3-7-13-25;/h4-5,8-11,14,18H,2-3,6-7,12-13,15-16H2,1H3,(H2,21,23,24);1H. The minimum Gasteiger partial charge on any atom is -0.468 e. The molecule has 0 bridgehead atoms. The van der Waals surface area contributed by atoms with Crippen LogP contribution in [0.4, 0.5) is 0 Å². The molecule has 1 atom stereocenters. The van der Waals surface area contributed by atoms with E-state index in [0.29, 0.717) is 6.54 Å². The maximum Gasteiger partial charge on any atom is 0.191 e. The minimum absolute atomic E-state index is 0. The second-order valence-electron chi connectivity index (χ2n) is 6.52. The first kappa shape index (κ1) is 21.7. The fourth-order valence-corrected chi connectivity index (χ4v) is 3.31.